The Balaban J connectivity index is 1.92. The summed E-state index contributed by atoms with van der Waals surface area (Å²) in [5.74, 6) is 1.29. The summed E-state index contributed by atoms with van der Waals surface area (Å²) >= 11 is 6.74. The van der Waals surface area contributed by atoms with E-state index in [1.165, 1.54) is 26.4 Å². The zero-order chi connectivity index (χ0) is 21.3. The van der Waals surface area contributed by atoms with Crippen LogP contribution in [0.25, 0.3) is 16.1 Å². The molecule has 0 spiro atoms. The summed E-state index contributed by atoms with van der Waals surface area (Å²) < 4.78 is 8.52. The molecule has 1 fully saturated rings. The van der Waals surface area contributed by atoms with E-state index in [-0.39, 0.29) is 11.1 Å². The van der Waals surface area contributed by atoms with Crippen LogP contribution in [0.5, 0.6) is 0 Å². The van der Waals surface area contributed by atoms with Crippen LogP contribution in [0.1, 0.15) is 19.8 Å². The van der Waals surface area contributed by atoms with Gasteiger partial charge < -0.3 is 9.64 Å². The smallest absolute Gasteiger partial charge is 0.268 e. The highest BCUT2D eigenvalue weighted by molar-refractivity contribution is 7.73. The highest BCUT2D eigenvalue weighted by Crippen LogP contribution is 2.31. The lowest BCUT2D eigenvalue weighted by Crippen LogP contribution is -2.35. The highest BCUT2D eigenvalue weighted by Gasteiger charge is 2.24. The van der Waals surface area contributed by atoms with E-state index in [2.05, 4.69) is 11.8 Å². The van der Waals surface area contributed by atoms with Gasteiger partial charge in [-0.3, -0.25) is 18.6 Å². The zero-order valence-corrected chi connectivity index (χ0v) is 18.7. The minimum atomic E-state index is -0.235. The number of rotatable bonds is 5. The van der Waals surface area contributed by atoms with Crippen molar-refractivity contribution in [3.05, 3.63) is 55.1 Å². The van der Waals surface area contributed by atoms with Crippen molar-refractivity contribution in [1.29, 1.82) is 0 Å². The van der Waals surface area contributed by atoms with Gasteiger partial charge in [-0.2, -0.15) is 0 Å². The maximum atomic E-state index is 13.5. The Hall–Kier alpha value is -2.36. The molecule has 0 aromatic carbocycles. The SMILES string of the molecule is COCCn1c(=O)cc(-c2c(N3CCC(C)CC3)nc3ccccn3c2=O)sc1=S. The monoisotopic (exact) mass is 444 g/mol. The van der Waals surface area contributed by atoms with Crippen LogP contribution in [0.4, 0.5) is 5.82 Å². The van der Waals surface area contributed by atoms with Gasteiger partial charge in [0.05, 0.1) is 18.0 Å². The molecule has 4 heterocycles. The Bertz CT molecular complexity index is 1210. The zero-order valence-electron chi connectivity index (χ0n) is 17.0. The molecular formula is C21H24N4O3S2. The molecule has 0 bridgehead atoms. The molecule has 0 N–H and O–H groups in total. The van der Waals surface area contributed by atoms with Crippen LogP contribution < -0.4 is 16.0 Å². The molecular weight excluding hydrogens is 420 g/mol. The average molecular weight is 445 g/mol. The first-order chi connectivity index (χ1) is 14.5. The Labute approximate surface area is 183 Å². The number of fused-ring (bicyclic) bond motifs is 1. The first kappa shape index (κ1) is 20.9. The highest BCUT2D eigenvalue weighted by atomic mass is 32.1. The molecule has 1 aliphatic heterocycles. The molecule has 4 rings (SSSR count). The second-order valence-electron chi connectivity index (χ2n) is 7.57. The number of piperidine rings is 1. The second kappa shape index (κ2) is 8.79. The predicted octanol–water partition coefficient (Wildman–Crippen LogP) is 3.20. The summed E-state index contributed by atoms with van der Waals surface area (Å²) in [6.07, 6.45) is 3.79. The average Bonchev–Trinajstić information content (AvgIpc) is 2.73. The van der Waals surface area contributed by atoms with E-state index < -0.39 is 0 Å². The van der Waals surface area contributed by atoms with Gasteiger partial charge in [0, 0.05) is 32.5 Å². The van der Waals surface area contributed by atoms with E-state index >= 15 is 0 Å². The van der Waals surface area contributed by atoms with E-state index in [0.717, 1.165) is 25.9 Å². The fourth-order valence-electron chi connectivity index (χ4n) is 3.71. The van der Waals surface area contributed by atoms with Crippen LogP contribution in [0.15, 0.2) is 40.1 Å². The molecule has 0 amide bonds. The van der Waals surface area contributed by atoms with Gasteiger partial charge in [0.25, 0.3) is 11.1 Å². The molecule has 3 aromatic rings. The molecule has 0 saturated carbocycles. The molecule has 158 valence electrons. The summed E-state index contributed by atoms with van der Waals surface area (Å²) in [4.78, 5) is 33.8. The third-order valence-corrected chi connectivity index (χ3v) is 6.91. The first-order valence-corrected chi connectivity index (χ1v) is 11.2. The van der Waals surface area contributed by atoms with Crippen molar-refractivity contribution in [2.24, 2.45) is 5.92 Å². The standard InChI is InChI=1S/C21H24N4O3S2/c1-14-6-9-23(10-7-14)19-18(20(27)24-8-4-3-5-16(24)22-19)15-13-17(26)25(11-12-28-2)21(29)30-15/h3-5,8,13-14H,6-7,9-12H2,1-2H3. The quantitative estimate of drug-likeness (QED) is 0.563. The third kappa shape index (κ3) is 3.97. The molecule has 30 heavy (non-hydrogen) atoms. The molecule has 0 radical (unpaired) electrons. The van der Waals surface area contributed by atoms with Gasteiger partial charge in [-0.05, 0) is 43.1 Å². The fourth-order valence-corrected chi connectivity index (χ4v) is 5.08. The number of pyridine rings is 1. The van der Waals surface area contributed by atoms with Gasteiger partial charge in [-0.25, -0.2) is 4.98 Å². The number of hydrogen-bond acceptors (Lipinski definition) is 7. The Morgan fingerprint density at radius 2 is 2.03 bits per heavy atom. The Kier molecular flexibility index (Phi) is 6.12. The molecule has 9 heteroatoms. The van der Waals surface area contributed by atoms with Gasteiger partial charge in [0.2, 0.25) is 0 Å². The Morgan fingerprint density at radius 3 is 2.73 bits per heavy atom. The van der Waals surface area contributed by atoms with E-state index in [9.17, 15) is 9.59 Å². The van der Waals surface area contributed by atoms with Crippen molar-refractivity contribution in [2.75, 3.05) is 31.7 Å². The lowest BCUT2D eigenvalue weighted by molar-refractivity contribution is 0.186. The topological polar surface area (TPSA) is 68.8 Å². The van der Waals surface area contributed by atoms with Crippen LogP contribution in [0, 0.1) is 9.87 Å². The van der Waals surface area contributed by atoms with E-state index in [1.807, 2.05) is 12.1 Å². The lowest BCUT2D eigenvalue weighted by Gasteiger charge is -2.32. The third-order valence-electron chi connectivity index (χ3n) is 5.50. The summed E-state index contributed by atoms with van der Waals surface area (Å²) in [6, 6.07) is 6.99. The van der Waals surface area contributed by atoms with Crippen molar-refractivity contribution < 1.29 is 4.74 Å². The van der Waals surface area contributed by atoms with Gasteiger partial charge in [0.1, 0.15) is 17.0 Å². The van der Waals surface area contributed by atoms with Crippen molar-refractivity contribution in [3.8, 4) is 10.4 Å². The molecule has 0 atom stereocenters. The molecule has 0 aliphatic carbocycles. The van der Waals surface area contributed by atoms with Crippen LogP contribution in [-0.2, 0) is 11.3 Å². The number of hydrogen-bond donors (Lipinski definition) is 0. The maximum Gasteiger partial charge on any atom is 0.268 e. The lowest BCUT2D eigenvalue weighted by atomic mass is 9.99. The number of nitrogens with zero attached hydrogens (tertiary/aromatic N) is 4. The summed E-state index contributed by atoms with van der Waals surface area (Å²) in [6.45, 7) is 4.69. The maximum absolute atomic E-state index is 13.5. The van der Waals surface area contributed by atoms with Crippen LogP contribution >= 0.6 is 23.6 Å². The Morgan fingerprint density at radius 1 is 1.27 bits per heavy atom. The molecule has 1 aliphatic rings. The summed E-state index contributed by atoms with van der Waals surface area (Å²) in [5.41, 5.74) is 0.618. The van der Waals surface area contributed by atoms with Crippen molar-refractivity contribution in [1.82, 2.24) is 14.0 Å². The van der Waals surface area contributed by atoms with Crippen molar-refractivity contribution in [2.45, 2.75) is 26.3 Å². The van der Waals surface area contributed by atoms with E-state index in [4.69, 9.17) is 21.9 Å². The molecule has 7 nitrogen and oxygen atoms in total. The minimum Gasteiger partial charge on any atom is -0.383 e. The van der Waals surface area contributed by atoms with Crippen LogP contribution in [0.2, 0.25) is 0 Å². The van der Waals surface area contributed by atoms with Gasteiger partial charge in [0.15, 0.2) is 3.95 Å². The predicted molar refractivity (Wildman–Crippen MR) is 122 cm³/mol. The first-order valence-electron chi connectivity index (χ1n) is 10.00. The van der Waals surface area contributed by atoms with Gasteiger partial charge in [-0.1, -0.05) is 13.0 Å². The summed E-state index contributed by atoms with van der Waals surface area (Å²) in [5, 5.41) is 0. The molecule has 3 aromatic heterocycles. The largest absolute Gasteiger partial charge is 0.383 e. The molecule has 1 saturated heterocycles. The van der Waals surface area contributed by atoms with Gasteiger partial charge in [-0.15, -0.1) is 11.3 Å². The van der Waals surface area contributed by atoms with E-state index in [1.54, 1.807) is 19.4 Å². The second-order valence-corrected chi connectivity index (χ2v) is 9.25. The number of methoxy groups -OCH3 is 1. The normalized spacial score (nSPS) is 15.1. The number of aromatic nitrogens is 3. The van der Waals surface area contributed by atoms with Crippen LogP contribution in [-0.4, -0.2) is 40.8 Å². The van der Waals surface area contributed by atoms with Gasteiger partial charge >= 0.3 is 0 Å². The summed E-state index contributed by atoms with van der Waals surface area (Å²) in [7, 11) is 1.58. The minimum absolute atomic E-state index is 0.186. The van der Waals surface area contributed by atoms with Crippen LogP contribution in [0.3, 0.4) is 0 Å². The fraction of sp³-hybridized carbons (Fsp3) is 0.429. The number of anilines is 1. The van der Waals surface area contributed by atoms with Crippen molar-refractivity contribution >= 4 is 35.0 Å². The number of ether oxygens (including phenoxy) is 1. The van der Waals surface area contributed by atoms with E-state index in [0.29, 0.717) is 44.9 Å². The van der Waals surface area contributed by atoms with Crippen molar-refractivity contribution in [3.63, 3.8) is 0 Å². The molecule has 0 unspecified atom stereocenters.